The normalized spacial score (nSPS) is 14.0. The predicted molar refractivity (Wildman–Crippen MR) is 204 cm³/mol. The molecule has 0 aromatic heterocycles. The zero-order valence-electron chi connectivity index (χ0n) is 32.8. The van der Waals surface area contributed by atoms with Crippen LogP contribution in [-0.4, -0.2) is 70.0 Å². The average Bonchev–Trinajstić information content (AvgIpc) is 3.06. The van der Waals surface area contributed by atoms with Crippen molar-refractivity contribution in [2.24, 2.45) is 0 Å². The first-order valence-corrected chi connectivity index (χ1v) is 21.5. The molecule has 0 radical (unpaired) electrons. The molecule has 0 amide bonds. The molecule has 0 spiro atoms. The average molecular weight is 730 g/mol. The quantitative estimate of drug-likeness (QED) is 0.0206. The summed E-state index contributed by atoms with van der Waals surface area (Å²) in [5.41, 5.74) is 0. The SMILES string of the molecule is CCCCCCCC/C=C/C/C=C/CCC(=O)OC(COC(=O)CCCCCCCCCCCCCCC)COP(=O)([O-])OCC[N+](C)(C)C. The van der Waals surface area contributed by atoms with Crippen LogP contribution in [0.4, 0.5) is 0 Å². The molecular weight excluding hydrogens is 653 g/mol. The molecule has 0 N–H and O–H groups in total. The lowest BCUT2D eigenvalue weighted by molar-refractivity contribution is -0.870. The molecule has 0 heterocycles. The molecule has 50 heavy (non-hydrogen) atoms. The van der Waals surface area contributed by atoms with E-state index >= 15 is 0 Å². The van der Waals surface area contributed by atoms with Gasteiger partial charge in [-0.05, 0) is 32.1 Å². The van der Waals surface area contributed by atoms with Gasteiger partial charge in [-0.2, -0.15) is 0 Å². The van der Waals surface area contributed by atoms with Gasteiger partial charge in [0.25, 0.3) is 7.82 Å². The number of hydrogen-bond donors (Lipinski definition) is 0. The highest BCUT2D eigenvalue weighted by Crippen LogP contribution is 2.38. The van der Waals surface area contributed by atoms with E-state index in [1.165, 1.54) is 103 Å². The van der Waals surface area contributed by atoms with Gasteiger partial charge in [-0.25, -0.2) is 0 Å². The molecule has 0 aliphatic rings. The molecule has 0 aliphatic heterocycles. The Labute approximate surface area is 307 Å². The molecule has 0 aromatic rings. The monoisotopic (exact) mass is 730 g/mol. The molecule has 0 aliphatic carbocycles. The van der Waals surface area contributed by atoms with Gasteiger partial charge < -0.3 is 27.9 Å². The lowest BCUT2D eigenvalue weighted by atomic mass is 10.0. The van der Waals surface area contributed by atoms with E-state index in [4.69, 9.17) is 18.5 Å². The Hall–Kier alpha value is -1.51. The van der Waals surface area contributed by atoms with Crippen LogP contribution in [0.2, 0.25) is 0 Å². The number of carbonyl (C=O) groups is 2. The summed E-state index contributed by atoms with van der Waals surface area (Å²) in [5.74, 6) is -0.910. The van der Waals surface area contributed by atoms with Gasteiger partial charge in [0.2, 0.25) is 0 Å². The van der Waals surface area contributed by atoms with Gasteiger partial charge in [0.15, 0.2) is 6.10 Å². The zero-order valence-corrected chi connectivity index (χ0v) is 33.7. The third-order valence-electron chi connectivity index (χ3n) is 8.49. The first kappa shape index (κ1) is 48.5. The highest BCUT2D eigenvalue weighted by Gasteiger charge is 2.21. The minimum atomic E-state index is -4.63. The summed E-state index contributed by atoms with van der Waals surface area (Å²) in [6, 6.07) is 0. The first-order valence-electron chi connectivity index (χ1n) is 20.0. The van der Waals surface area contributed by atoms with Crippen LogP contribution < -0.4 is 4.89 Å². The smallest absolute Gasteiger partial charge is 0.306 e. The number of hydrogen-bond acceptors (Lipinski definition) is 8. The summed E-state index contributed by atoms with van der Waals surface area (Å²) in [4.78, 5) is 37.3. The van der Waals surface area contributed by atoms with E-state index in [9.17, 15) is 19.0 Å². The number of phosphoric ester groups is 1. The van der Waals surface area contributed by atoms with Crippen molar-refractivity contribution in [3.8, 4) is 0 Å². The Morgan fingerprint density at radius 2 is 1.12 bits per heavy atom. The largest absolute Gasteiger partial charge is 0.756 e. The highest BCUT2D eigenvalue weighted by atomic mass is 31.2. The van der Waals surface area contributed by atoms with Gasteiger partial charge in [-0.15, -0.1) is 0 Å². The number of likely N-dealkylation sites (N-methyl/N-ethyl adjacent to an activating group) is 1. The minimum Gasteiger partial charge on any atom is -0.756 e. The van der Waals surface area contributed by atoms with Crippen molar-refractivity contribution in [1.29, 1.82) is 0 Å². The lowest BCUT2D eigenvalue weighted by Gasteiger charge is -2.28. The van der Waals surface area contributed by atoms with Gasteiger partial charge in [-0.1, -0.05) is 147 Å². The van der Waals surface area contributed by atoms with Crippen molar-refractivity contribution in [3.63, 3.8) is 0 Å². The maximum atomic E-state index is 12.6. The third-order valence-corrected chi connectivity index (χ3v) is 9.45. The molecule has 0 aromatic carbocycles. The van der Waals surface area contributed by atoms with Crippen LogP contribution in [0, 0.1) is 0 Å². The maximum Gasteiger partial charge on any atom is 0.306 e. The molecule has 10 heteroatoms. The van der Waals surface area contributed by atoms with Gasteiger partial charge in [0.1, 0.15) is 19.8 Å². The van der Waals surface area contributed by atoms with Crippen LogP contribution in [0.3, 0.4) is 0 Å². The summed E-state index contributed by atoms with van der Waals surface area (Å²) < 4.78 is 33.7. The van der Waals surface area contributed by atoms with E-state index < -0.39 is 32.5 Å². The Bertz CT molecular complexity index is 918. The number of unbranched alkanes of at least 4 members (excludes halogenated alkanes) is 18. The van der Waals surface area contributed by atoms with Crippen molar-refractivity contribution in [2.45, 2.75) is 174 Å². The predicted octanol–water partition coefficient (Wildman–Crippen LogP) is 10.2. The molecule has 0 fully saturated rings. The maximum absolute atomic E-state index is 12.6. The molecule has 0 rings (SSSR count). The number of ether oxygens (including phenoxy) is 2. The number of esters is 2. The molecule has 0 bridgehead atoms. The summed E-state index contributed by atoms with van der Waals surface area (Å²) in [6.07, 6.45) is 33.6. The molecular formula is C40H76NO8P. The zero-order chi connectivity index (χ0) is 37.2. The van der Waals surface area contributed by atoms with E-state index in [0.717, 1.165) is 32.1 Å². The fourth-order valence-corrected chi connectivity index (χ4v) is 6.02. The number of rotatable bonds is 36. The van der Waals surface area contributed by atoms with Crippen LogP contribution in [0.5, 0.6) is 0 Å². The second kappa shape index (κ2) is 33.3. The van der Waals surface area contributed by atoms with Crippen LogP contribution in [0.25, 0.3) is 0 Å². The topological polar surface area (TPSA) is 111 Å². The Balaban J connectivity index is 4.49. The van der Waals surface area contributed by atoms with Gasteiger partial charge in [-0.3, -0.25) is 14.2 Å². The van der Waals surface area contributed by atoms with E-state index in [0.29, 0.717) is 17.4 Å². The number of carbonyl (C=O) groups excluding carboxylic acids is 2. The lowest BCUT2D eigenvalue weighted by Crippen LogP contribution is -2.37. The van der Waals surface area contributed by atoms with E-state index in [2.05, 4.69) is 26.0 Å². The van der Waals surface area contributed by atoms with Crippen LogP contribution in [0.15, 0.2) is 24.3 Å². The second-order valence-electron chi connectivity index (χ2n) is 14.7. The third kappa shape index (κ3) is 36.3. The Morgan fingerprint density at radius 3 is 1.66 bits per heavy atom. The summed E-state index contributed by atoms with van der Waals surface area (Å²) >= 11 is 0. The summed E-state index contributed by atoms with van der Waals surface area (Å²) in [7, 11) is 1.14. The van der Waals surface area contributed by atoms with Gasteiger partial charge >= 0.3 is 11.9 Å². The molecule has 0 saturated carbocycles. The Morgan fingerprint density at radius 1 is 0.620 bits per heavy atom. The fraction of sp³-hybridized carbons (Fsp3) is 0.850. The number of allylic oxidation sites excluding steroid dienone is 4. The van der Waals surface area contributed by atoms with Crippen LogP contribution >= 0.6 is 7.82 Å². The van der Waals surface area contributed by atoms with Gasteiger partial charge in [0, 0.05) is 12.8 Å². The summed E-state index contributed by atoms with van der Waals surface area (Å²) in [5, 5.41) is 0. The molecule has 2 unspecified atom stereocenters. The molecule has 9 nitrogen and oxygen atoms in total. The number of phosphoric acid groups is 1. The first-order chi connectivity index (χ1) is 24.0. The Kier molecular flexibility index (Phi) is 32.3. The van der Waals surface area contributed by atoms with Gasteiger partial charge in [0.05, 0.1) is 27.7 Å². The van der Waals surface area contributed by atoms with Crippen molar-refractivity contribution < 1.29 is 42.1 Å². The van der Waals surface area contributed by atoms with Crippen molar-refractivity contribution in [3.05, 3.63) is 24.3 Å². The highest BCUT2D eigenvalue weighted by molar-refractivity contribution is 7.45. The number of nitrogens with zero attached hydrogens (tertiary/aromatic N) is 1. The van der Waals surface area contributed by atoms with E-state index in [1.54, 1.807) is 0 Å². The number of quaternary nitrogens is 1. The molecule has 0 saturated heterocycles. The van der Waals surface area contributed by atoms with E-state index in [1.807, 2.05) is 33.3 Å². The molecule has 2 atom stereocenters. The summed E-state index contributed by atoms with van der Waals surface area (Å²) in [6.45, 7) is 4.14. The van der Waals surface area contributed by atoms with Crippen molar-refractivity contribution in [1.82, 2.24) is 0 Å². The second-order valence-corrected chi connectivity index (χ2v) is 16.1. The molecule has 294 valence electrons. The standard InChI is InChI=1S/C40H76NO8P/c1-6-8-10-12-14-16-18-20-22-24-26-28-30-32-39(42)46-36-38(37-48-50(44,45)47-35-34-41(3,4)5)49-40(43)33-31-29-27-25-23-21-19-17-15-13-11-9-7-2/h21,23,27,29,38H,6-20,22,24-26,28,30-37H2,1-5H3/b23-21+,29-27+. The minimum absolute atomic E-state index is 0.0383. The van der Waals surface area contributed by atoms with Crippen molar-refractivity contribution >= 4 is 19.8 Å². The van der Waals surface area contributed by atoms with Crippen LogP contribution in [0.1, 0.15) is 168 Å². The fourth-order valence-electron chi connectivity index (χ4n) is 5.29. The van der Waals surface area contributed by atoms with E-state index in [-0.39, 0.29) is 26.1 Å². The van der Waals surface area contributed by atoms with Crippen LogP contribution in [-0.2, 0) is 32.7 Å². The van der Waals surface area contributed by atoms with Crippen molar-refractivity contribution in [2.75, 3.05) is 47.5 Å².